The summed E-state index contributed by atoms with van der Waals surface area (Å²) < 4.78 is 28.5. The van der Waals surface area contributed by atoms with Crippen LogP contribution in [0.25, 0.3) is 0 Å². The third kappa shape index (κ3) is 4.46. The molecule has 4 rings (SSSR count). The number of aromatic nitrogens is 2. The number of thioether (sulfide) groups is 1. The minimum Gasteiger partial charge on any atom is -0.416 e. The molecule has 1 aliphatic carbocycles. The molecule has 11 nitrogen and oxygen atoms in total. The van der Waals surface area contributed by atoms with Gasteiger partial charge < -0.3 is 9.73 Å². The van der Waals surface area contributed by atoms with Gasteiger partial charge in [-0.3, -0.25) is 15.0 Å². The van der Waals surface area contributed by atoms with Crippen molar-refractivity contribution in [3.05, 3.63) is 5.89 Å². The van der Waals surface area contributed by atoms with Gasteiger partial charge in [-0.25, -0.2) is 13.2 Å². The average molecular weight is 458 g/mol. The van der Waals surface area contributed by atoms with E-state index in [9.17, 15) is 22.8 Å². The molecule has 1 aromatic rings. The molecule has 1 saturated carbocycles. The largest absolute Gasteiger partial charge is 0.416 e. The Hall–Kier alpha value is -2.15. The second-order valence-corrected chi connectivity index (χ2v) is 11.1. The highest BCUT2D eigenvalue weighted by Crippen LogP contribution is 2.33. The lowest BCUT2D eigenvalue weighted by molar-refractivity contribution is -0.139. The molecular weight excluding hydrogens is 434 g/mol. The minimum atomic E-state index is -2.97. The van der Waals surface area contributed by atoms with Crippen molar-refractivity contribution in [3.8, 4) is 0 Å². The van der Waals surface area contributed by atoms with Gasteiger partial charge in [-0.05, 0) is 25.2 Å². The van der Waals surface area contributed by atoms with Crippen LogP contribution in [0.3, 0.4) is 0 Å². The maximum Gasteiger partial charge on any atom is 0.344 e. The van der Waals surface area contributed by atoms with Gasteiger partial charge in [0.2, 0.25) is 11.8 Å². The van der Waals surface area contributed by atoms with E-state index in [2.05, 4.69) is 20.9 Å². The lowest BCUT2D eigenvalue weighted by Crippen LogP contribution is -2.51. The van der Waals surface area contributed by atoms with Crippen LogP contribution in [0.15, 0.2) is 9.64 Å². The van der Waals surface area contributed by atoms with Crippen molar-refractivity contribution >= 4 is 39.4 Å². The zero-order valence-electron chi connectivity index (χ0n) is 16.3. The Morgan fingerprint density at radius 2 is 2.03 bits per heavy atom. The van der Waals surface area contributed by atoms with Gasteiger partial charge in [0.15, 0.2) is 9.84 Å². The number of carbonyl (C=O) groups excluding carboxylic acids is 3. The van der Waals surface area contributed by atoms with Gasteiger partial charge in [-0.2, -0.15) is 5.01 Å². The Balaban J connectivity index is 1.27. The zero-order valence-corrected chi connectivity index (χ0v) is 17.9. The molecule has 164 valence electrons. The van der Waals surface area contributed by atoms with E-state index in [1.54, 1.807) is 0 Å². The van der Waals surface area contributed by atoms with Crippen LogP contribution in [0.1, 0.15) is 44.4 Å². The summed E-state index contributed by atoms with van der Waals surface area (Å²) in [6.45, 7) is 0. The normalized spacial score (nSPS) is 24.9. The fraction of sp³-hybridized carbons (Fsp3) is 0.706. The van der Waals surface area contributed by atoms with E-state index < -0.39 is 33.2 Å². The maximum absolute atomic E-state index is 12.7. The topological polar surface area (TPSA) is 152 Å². The number of sulfone groups is 1. The van der Waals surface area contributed by atoms with Crippen LogP contribution in [0.4, 0.5) is 4.79 Å². The van der Waals surface area contributed by atoms with Crippen molar-refractivity contribution in [2.75, 3.05) is 17.3 Å². The van der Waals surface area contributed by atoms with Crippen LogP contribution in [-0.4, -0.2) is 64.3 Å². The van der Waals surface area contributed by atoms with Gasteiger partial charge in [0.05, 0.1) is 17.3 Å². The number of hydrogen-bond donors (Lipinski definition) is 2. The highest BCUT2D eigenvalue weighted by Gasteiger charge is 2.52. The summed E-state index contributed by atoms with van der Waals surface area (Å²) in [5.41, 5.74) is 1.45. The number of urea groups is 1. The number of imide groups is 1. The fourth-order valence-corrected chi connectivity index (χ4v) is 6.59. The summed E-state index contributed by atoms with van der Waals surface area (Å²) in [7, 11) is -2.97. The smallest absolute Gasteiger partial charge is 0.344 e. The molecule has 13 heteroatoms. The predicted octanol–water partition coefficient (Wildman–Crippen LogP) is 0.425. The van der Waals surface area contributed by atoms with Crippen LogP contribution in [-0.2, 0) is 25.8 Å². The molecule has 30 heavy (non-hydrogen) atoms. The fourth-order valence-electron chi connectivity index (χ4n) is 4.16. The monoisotopic (exact) mass is 457 g/mol. The third-order valence-corrected chi connectivity index (χ3v) is 8.33. The molecule has 0 aromatic carbocycles. The number of nitrogens with one attached hydrogen (secondary N) is 2. The van der Waals surface area contributed by atoms with Gasteiger partial charge in [0.1, 0.15) is 5.54 Å². The van der Waals surface area contributed by atoms with Gasteiger partial charge in [-0.1, -0.05) is 31.0 Å². The number of hydrogen-bond acceptors (Lipinski definition) is 9. The molecule has 4 amide bonds. The molecule has 1 atom stereocenters. The van der Waals surface area contributed by atoms with E-state index in [4.69, 9.17) is 4.42 Å². The number of hydrazine groups is 1. The molecule has 2 N–H and O–H groups in total. The van der Waals surface area contributed by atoms with Gasteiger partial charge in [0, 0.05) is 6.42 Å². The number of rotatable bonds is 6. The van der Waals surface area contributed by atoms with Gasteiger partial charge in [-0.15, -0.1) is 10.2 Å². The van der Waals surface area contributed by atoms with Crippen molar-refractivity contribution < 1.29 is 27.2 Å². The average Bonchev–Trinajstić information content (AvgIpc) is 3.35. The summed E-state index contributed by atoms with van der Waals surface area (Å²) in [5, 5.41) is 11.4. The Bertz CT molecular complexity index is 956. The highest BCUT2D eigenvalue weighted by molar-refractivity contribution is 7.99. The second-order valence-electron chi connectivity index (χ2n) is 7.97. The summed E-state index contributed by atoms with van der Waals surface area (Å²) in [6.07, 6.45) is 4.84. The van der Waals surface area contributed by atoms with Crippen molar-refractivity contribution in [2.24, 2.45) is 5.92 Å². The quantitative estimate of drug-likeness (QED) is 0.457. The molecule has 3 aliphatic rings. The highest BCUT2D eigenvalue weighted by atomic mass is 32.2. The summed E-state index contributed by atoms with van der Waals surface area (Å²) in [4.78, 5) is 37.1. The Labute approximate surface area is 177 Å². The lowest BCUT2D eigenvalue weighted by Gasteiger charge is -2.30. The van der Waals surface area contributed by atoms with Crippen LogP contribution < -0.4 is 10.7 Å². The van der Waals surface area contributed by atoms with Crippen molar-refractivity contribution in [1.82, 2.24) is 25.9 Å². The van der Waals surface area contributed by atoms with Gasteiger partial charge in [0.25, 0.3) is 11.1 Å². The zero-order chi connectivity index (χ0) is 21.4. The second kappa shape index (κ2) is 8.17. The van der Waals surface area contributed by atoms with Crippen molar-refractivity contribution in [1.29, 1.82) is 0 Å². The standard InChI is InChI=1S/C17H23N5O6S2/c23-12(21-22-14(24)17(18-15(22)25)5-2-1-3-6-17)9-29-16-20-19-13(28-16)8-11-4-7-30(26,27)10-11/h11H,1-10H2,(H,18,25)(H,21,23). The first-order valence-corrected chi connectivity index (χ1v) is 12.7. The van der Waals surface area contributed by atoms with Crippen molar-refractivity contribution in [2.45, 2.75) is 55.7 Å². The lowest BCUT2D eigenvalue weighted by atomic mass is 9.82. The SMILES string of the molecule is O=C(CSc1nnc(CC2CCS(=O)(=O)C2)o1)NN1C(=O)NC2(CCCCC2)C1=O. The number of carbonyl (C=O) groups is 3. The first kappa shape index (κ1) is 21.1. The molecule has 1 aromatic heterocycles. The number of nitrogens with zero attached hydrogens (tertiary/aromatic N) is 3. The Kier molecular flexibility index (Phi) is 5.75. The van der Waals surface area contributed by atoms with Crippen molar-refractivity contribution in [3.63, 3.8) is 0 Å². The van der Waals surface area contributed by atoms with Crippen LogP contribution in [0, 0.1) is 5.92 Å². The molecule has 1 spiro atoms. The molecule has 1 unspecified atom stereocenters. The molecule has 3 fully saturated rings. The van der Waals surface area contributed by atoms with Crippen LogP contribution in [0.5, 0.6) is 0 Å². The molecule has 3 heterocycles. The van der Waals surface area contributed by atoms with E-state index in [0.717, 1.165) is 36.0 Å². The Morgan fingerprint density at radius 1 is 1.27 bits per heavy atom. The molecule has 0 bridgehead atoms. The summed E-state index contributed by atoms with van der Waals surface area (Å²) in [5.74, 6) is -0.499. The molecule has 2 aliphatic heterocycles. The minimum absolute atomic E-state index is 0.0385. The molecule has 0 radical (unpaired) electrons. The maximum atomic E-state index is 12.7. The third-order valence-electron chi connectivity index (χ3n) is 5.67. The van der Waals surface area contributed by atoms with E-state index in [-0.39, 0.29) is 28.4 Å². The van der Waals surface area contributed by atoms with Crippen LogP contribution in [0.2, 0.25) is 0 Å². The van der Waals surface area contributed by atoms with Crippen LogP contribution >= 0.6 is 11.8 Å². The Morgan fingerprint density at radius 3 is 2.73 bits per heavy atom. The molecular formula is C17H23N5O6S2. The van der Waals surface area contributed by atoms with E-state index in [1.807, 2.05) is 0 Å². The van der Waals surface area contributed by atoms with Gasteiger partial charge >= 0.3 is 6.03 Å². The first-order valence-electron chi connectivity index (χ1n) is 9.88. The number of amides is 4. The summed E-state index contributed by atoms with van der Waals surface area (Å²) >= 11 is 0.980. The predicted molar refractivity (Wildman–Crippen MR) is 105 cm³/mol. The molecule has 2 saturated heterocycles. The van der Waals surface area contributed by atoms with E-state index in [0.29, 0.717) is 31.6 Å². The van der Waals surface area contributed by atoms with E-state index >= 15 is 0 Å². The van der Waals surface area contributed by atoms with E-state index in [1.165, 1.54) is 0 Å². The summed E-state index contributed by atoms with van der Waals surface area (Å²) in [6, 6.07) is -0.619. The first-order chi connectivity index (χ1) is 14.3.